The van der Waals surface area contributed by atoms with E-state index in [0.717, 1.165) is 55.0 Å². The number of benzene rings is 2. The maximum absolute atomic E-state index is 9.57. The lowest BCUT2D eigenvalue weighted by Crippen LogP contribution is -2.34. The van der Waals surface area contributed by atoms with Crippen LogP contribution in [-0.2, 0) is 6.54 Å². The monoisotopic (exact) mass is 555 g/mol. The van der Waals surface area contributed by atoms with E-state index < -0.39 is 0 Å². The van der Waals surface area contributed by atoms with Gasteiger partial charge in [0.1, 0.15) is 30.0 Å². The molecule has 1 aliphatic rings. The van der Waals surface area contributed by atoms with E-state index in [4.69, 9.17) is 9.47 Å². The SMILES string of the molecule is COc1cc(C2CCN(CCO)CC2)ccc1Nc1ncc(-c2ccc(C#N)c(OC(C)Cn3cnnn3)c2)cn1. The van der Waals surface area contributed by atoms with Crippen molar-refractivity contribution in [3.8, 4) is 28.7 Å². The highest BCUT2D eigenvalue weighted by atomic mass is 16.5. The number of anilines is 2. The Morgan fingerprint density at radius 3 is 2.59 bits per heavy atom. The van der Waals surface area contributed by atoms with E-state index in [-0.39, 0.29) is 12.7 Å². The zero-order chi connectivity index (χ0) is 28.6. The Hall–Kier alpha value is -4.60. The number of β-amino-alcohol motifs (C(OH)–C–C–N with tert-alkyl or cyclic N) is 1. The fourth-order valence-electron chi connectivity index (χ4n) is 5.03. The van der Waals surface area contributed by atoms with Gasteiger partial charge in [0.15, 0.2) is 0 Å². The van der Waals surface area contributed by atoms with Crippen molar-refractivity contribution in [2.24, 2.45) is 0 Å². The van der Waals surface area contributed by atoms with E-state index >= 15 is 0 Å². The Morgan fingerprint density at radius 1 is 1.10 bits per heavy atom. The number of hydrogen-bond donors (Lipinski definition) is 2. The molecule has 12 nitrogen and oxygen atoms in total. The summed E-state index contributed by atoms with van der Waals surface area (Å²) in [5.74, 6) is 2.11. The molecule has 0 spiro atoms. The first-order chi connectivity index (χ1) is 20.1. The number of likely N-dealkylation sites (tertiary alicyclic amines) is 1. The van der Waals surface area contributed by atoms with E-state index in [1.54, 1.807) is 30.3 Å². The summed E-state index contributed by atoms with van der Waals surface area (Å²) in [6.07, 6.45) is 6.83. The highest BCUT2D eigenvalue weighted by Crippen LogP contribution is 2.35. The summed E-state index contributed by atoms with van der Waals surface area (Å²) in [5.41, 5.74) is 4.08. The maximum atomic E-state index is 9.57. The van der Waals surface area contributed by atoms with Crippen molar-refractivity contribution < 1.29 is 14.6 Å². The van der Waals surface area contributed by atoms with Crippen LogP contribution in [0.3, 0.4) is 0 Å². The van der Waals surface area contributed by atoms with Crippen molar-refractivity contribution in [3.05, 3.63) is 66.2 Å². The molecule has 2 aromatic heterocycles. The van der Waals surface area contributed by atoms with Crippen LogP contribution in [0.15, 0.2) is 55.1 Å². The summed E-state index contributed by atoms with van der Waals surface area (Å²) in [5, 5.41) is 33.2. The van der Waals surface area contributed by atoms with Gasteiger partial charge < -0.3 is 24.8 Å². The van der Waals surface area contributed by atoms with Crippen molar-refractivity contribution in [1.29, 1.82) is 5.26 Å². The van der Waals surface area contributed by atoms with Gasteiger partial charge in [0.2, 0.25) is 5.95 Å². The molecule has 0 amide bonds. The first-order valence-corrected chi connectivity index (χ1v) is 13.6. The molecule has 41 heavy (non-hydrogen) atoms. The highest BCUT2D eigenvalue weighted by molar-refractivity contribution is 5.68. The molecule has 2 N–H and O–H groups in total. The number of rotatable bonds is 11. The van der Waals surface area contributed by atoms with E-state index in [0.29, 0.717) is 29.7 Å². The van der Waals surface area contributed by atoms with Crippen LogP contribution in [0.1, 0.15) is 36.8 Å². The molecule has 1 aliphatic heterocycles. The van der Waals surface area contributed by atoms with Crippen molar-refractivity contribution in [1.82, 2.24) is 35.1 Å². The maximum Gasteiger partial charge on any atom is 0.227 e. The molecule has 1 saturated heterocycles. The third kappa shape index (κ3) is 6.95. The summed E-state index contributed by atoms with van der Waals surface area (Å²) in [6.45, 7) is 5.25. The fraction of sp³-hybridized carbons (Fsp3) is 0.379. The molecule has 1 unspecified atom stereocenters. The number of nitriles is 1. The summed E-state index contributed by atoms with van der Waals surface area (Å²) in [7, 11) is 1.66. The van der Waals surface area contributed by atoms with Crippen molar-refractivity contribution in [2.75, 3.05) is 38.7 Å². The number of ether oxygens (including phenoxy) is 2. The molecule has 3 heterocycles. The number of nitrogens with one attached hydrogen (secondary N) is 1. The number of aliphatic hydroxyl groups excluding tert-OH is 1. The predicted octanol–water partition coefficient (Wildman–Crippen LogP) is 3.39. The second-order valence-electron chi connectivity index (χ2n) is 10.0. The molecular weight excluding hydrogens is 522 g/mol. The molecule has 212 valence electrons. The van der Waals surface area contributed by atoms with Crippen molar-refractivity contribution in [3.63, 3.8) is 0 Å². The fourth-order valence-corrected chi connectivity index (χ4v) is 5.03. The Labute approximate surface area is 238 Å². The number of piperidine rings is 1. The van der Waals surface area contributed by atoms with Crippen LogP contribution in [0, 0.1) is 11.3 Å². The highest BCUT2D eigenvalue weighted by Gasteiger charge is 2.21. The van der Waals surface area contributed by atoms with Crippen molar-refractivity contribution >= 4 is 11.6 Å². The smallest absolute Gasteiger partial charge is 0.227 e. The summed E-state index contributed by atoms with van der Waals surface area (Å²) < 4.78 is 13.3. The van der Waals surface area contributed by atoms with Crippen LogP contribution >= 0.6 is 0 Å². The Morgan fingerprint density at radius 2 is 1.90 bits per heavy atom. The lowest BCUT2D eigenvalue weighted by molar-refractivity contribution is 0.164. The van der Waals surface area contributed by atoms with Gasteiger partial charge in [-0.25, -0.2) is 14.6 Å². The van der Waals surface area contributed by atoms with E-state index in [9.17, 15) is 10.4 Å². The van der Waals surface area contributed by atoms with Gasteiger partial charge in [-0.1, -0.05) is 12.1 Å². The van der Waals surface area contributed by atoms with E-state index in [2.05, 4.69) is 53.9 Å². The molecule has 0 saturated carbocycles. The zero-order valence-corrected chi connectivity index (χ0v) is 23.1. The summed E-state index contributed by atoms with van der Waals surface area (Å²) >= 11 is 0. The number of tetrazole rings is 1. The van der Waals surface area contributed by atoms with Crippen molar-refractivity contribution in [2.45, 2.75) is 38.3 Å². The predicted molar refractivity (Wildman–Crippen MR) is 152 cm³/mol. The second kappa shape index (κ2) is 13.2. The average molecular weight is 556 g/mol. The number of methoxy groups -OCH3 is 1. The summed E-state index contributed by atoms with van der Waals surface area (Å²) in [6, 6.07) is 13.8. The lowest BCUT2D eigenvalue weighted by Gasteiger charge is -2.31. The third-order valence-corrected chi connectivity index (χ3v) is 7.20. The molecular formula is C29H33N9O3. The molecule has 12 heteroatoms. The zero-order valence-electron chi connectivity index (χ0n) is 23.1. The largest absolute Gasteiger partial charge is 0.495 e. The van der Waals surface area contributed by atoms with E-state index in [1.165, 1.54) is 11.9 Å². The van der Waals surface area contributed by atoms with Crippen LogP contribution in [0.4, 0.5) is 11.6 Å². The van der Waals surface area contributed by atoms with Gasteiger partial charge in [0, 0.05) is 24.5 Å². The van der Waals surface area contributed by atoms with Crippen LogP contribution in [0.5, 0.6) is 11.5 Å². The van der Waals surface area contributed by atoms with E-state index in [1.807, 2.05) is 25.1 Å². The number of hydrogen-bond acceptors (Lipinski definition) is 11. The van der Waals surface area contributed by atoms with Gasteiger partial charge in [-0.2, -0.15) is 5.26 Å². The minimum Gasteiger partial charge on any atom is -0.495 e. The molecule has 0 bridgehead atoms. The molecule has 2 aromatic carbocycles. The molecule has 1 fully saturated rings. The van der Waals surface area contributed by atoms with Gasteiger partial charge >= 0.3 is 0 Å². The van der Waals surface area contributed by atoms with Gasteiger partial charge in [-0.15, -0.1) is 5.10 Å². The van der Waals surface area contributed by atoms with Crippen LogP contribution in [0.25, 0.3) is 11.1 Å². The quantitative estimate of drug-likeness (QED) is 0.281. The van der Waals surface area contributed by atoms with Crippen LogP contribution in [-0.4, -0.2) is 79.6 Å². The minimum absolute atomic E-state index is 0.202. The average Bonchev–Trinajstić information content (AvgIpc) is 3.51. The summed E-state index contributed by atoms with van der Waals surface area (Å²) in [4.78, 5) is 11.3. The normalized spacial score (nSPS) is 14.8. The second-order valence-corrected chi connectivity index (χ2v) is 10.0. The van der Waals surface area contributed by atoms with Gasteiger partial charge in [0.25, 0.3) is 0 Å². The number of aromatic nitrogens is 6. The first-order valence-electron chi connectivity index (χ1n) is 13.6. The molecule has 0 aliphatic carbocycles. The van der Waals surface area contributed by atoms with Gasteiger partial charge in [-0.05, 0) is 84.6 Å². The third-order valence-electron chi connectivity index (χ3n) is 7.20. The molecule has 1 atom stereocenters. The molecule has 5 rings (SSSR count). The van der Waals surface area contributed by atoms with Crippen LogP contribution < -0.4 is 14.8 Å². The minimum atomic E-state index is -0.260. The molecule has 4 aromatic rings. The van der Waals surface area contributed by atoms with Crippen LogP contribution in [0.2, 0.25) is 0 Å². The Balaban J connectivity index is 1.26. The topological polar surface area (TPSA) is 147 Å². The standard InChI is InChI=1S/C29H33N9O3/c1-20(18-38-19-33-35-36-38)41-27-13-23(3-4-24(27)15-30)25-16-31-29(32-17-25)34-26-6-5-22(14-28(26)40-2)21-7-9-37(10-8-21)11-12-39/h3-6,13-14,16-17,19-21,39H,7-12,18H2,1-2H3,(H,31,32,34). The number of aliphatic hydroxyl groups is 1. The Kier molecular flexibility index (Phi) is 8.98. The van der Waals surface area contributed by atoms with Gasteiger partial charge in [-0.3, -0.25) is 0 Å². The number of nitrogens with zero attached hydrogens (tertiary/aromatic N) is 8. The first kappa shape index (κ1) is 27.9. The molecule has 0 radical (unpaired) electrons. The van der Waals surface area contributed by atoms with Gasteiger partial charge in [0.05, 0.1) is 31.5 Å². The Bertz CT molecular complexity index is 1460. The lowest BCUT2D eigenvalue weighted by atomic mass is 9.89.